The van der Waals surface area contributed by atoms with Gasteiger partial charge in [0.05, 0.1) is 5.52 Å². The number of aromatic nitrogens is 1. The molecule has 25 heavy (non-hydrogen) atoms. The summed E-state index contributed by atoms with van der Waals surface area (Å²) in [5.41, 5.74) is 5.23. The van der Waals surface area contributed by atoms with E-state index in [0.29, 0.717) is 23.3 Å². The number of ether oxygens (including phenoxy) is 2. The number of aryl methyl sites for hydroxylation is 1. The lowest BCUT2D eigenvalue weighted by Gasteiger charge is -2.08. The molecular weight excluding hydrogens is 314 g/mol. The lowest BCUT2D eigenvalue weighted by molar-refractivity contribution is 0.174. The van der Waals surface area contributed by atoms with Gasteiger partial charge in [-0.3, -0.25) is 4.79 Å². The van der Waals surface area contributed by atoms with Crippen LogP contribution in [0.2, 0.25) is 0 Å². The van der Waals surface area contributed by atoms with Crippen LogP contribution in [-0.4, -0.2) is 11.8 Å². The number of hydrogen-bond acceptors (Lipinski definition) is 3. The summed E-state index contributed by atoms with van der Waals surface area (Å²) in [4.78, 5) is 16.2. The first-order valence-corrected chi connectivity index (χ1v) is 8.70. The smallest absolute Gasteiger partial charge is 0.231 e. The van der Waals surface area contributed by atoms with Crippen molar-refractivity contribution in [1.82, 2.24) is 4.98 Å². The summed E-state index contributed by atoms with van der Waals surface area (Å²) in [6, 6.07) is 3.63. The highest BCUT2D eigenvalue weighted by Crippen LogP contribution is 2.34. The third-order valence-corrected chi connectivity index (χ3v) is 4.55. The molecule has 0 atom stereocenters. The van der Waals surface area contributed by atoms with E-state index in [-0.39, 0.29) is 12.2 Å². The zero-order valence-corrected chi connectivity index (χ0v) is 15.4. The number of allylic oxidation sites excluding steroid dienone is 4. The molecule has 2 aromatic rings. The molecule has 0 spiro atoms. The molecule has 0 saturated carbocycles. The minimum atomic E-state index is 0.0675. The van der Waals surface area contributed by atoms with E-state index >= 15 is 0 Å². The largest absolute Gasteiger partial charge is 0.454 e. The zero-order valence-electron chi connectivity index (χ0n) is 15.4. The maximum atomic E-state index is 12.9. The Hall–Kier alpha value is -2.49. The first-order valence-electron chi connectivity index (χ1n) is 8.70. The third-order valence-electron chi connectivity index (χ3n) is 4.55. The maximum absolute atomic E-state index is 12.9. The Morgan fingerprint density at radius 2 is 1.88 bits per heavy atom. The molecule has 132 valence electrons. The van der Waals surface area contributed by atoms with Crippen molar-refractivity contribution >= 4 is 10.9 Å². The average molecular weight is 339 g/mol. The van der Waals surface area contributed by atoms with Crippen LogP contribution in [0, 0.1) is 6.92 Å². The van der Waals surface area contributed by atoms with Gasteiger partial charge < -0.3 is 14.5 Å². The van der Waals surface area contributed by atoms with Crippen LogP contribution in [0.5, 0.6) is 11.5 Å². The number of fused-ring (bicyclic) bond motifs is 2. The van der Waals surface area contributed by atoms with E-state index in [1.54, 1.807) is 6.07 Å². The molecule has 0 fully saturated rings. The molecule has 0 amide bonds. The Balaban J connectivity index is 1.88. The molecule has 4 nitrogen and oxygen atoms in total. The van der Waals surface area contributed by atoms with Crippen LogP contribution in [-0.2, 0) is 6.42 Å². The van der Waals surface area contributed by atoms with Gasteiger partial charge in [0, 0.05) is 22.7 Å². The zero-order chi connectivity index (χ0) is 18.0. The van der Waals surface area contributed by atoms with Gasteiger partial charge in [-0.05, 0) is 53.0 Å². The molecule has 0 radical (unpaired) electrons. The summed E-state index contributed by atoms with van der Waals surface area (Å²) in [5, 5.41) is 0.653. The number of nitrogens with one attached hydrogen (secondary N) is 1. The third kappa shape index (κ3) is 3.78. The number of pyridine rings is 1. The van der Waals surface area contributed by atoms with Crippen LogP contribution in [0.3, 0.4) is 0 Å². The Kier molecular flexibility index (Phi) is 4.98. The second-order valence-corrected chi connectivity index (χ2v) is 6.88. The minimum absolute atomic E-state index is 0.0675. The molecule has 1 aliphatic heterocycles. The lowest BCUT2D eigenvalue weighted by Crippen LogP contribution is -2.13. The van der Waals surface area contributed by atoms with E-state index in [4.69, 9.17) is 9.47 Å². The van der Waals surface area contributed by atoms with E-state index in [9.17, 15) is 4.79 Å². The Morgan fingerprint density at radius 1 is 1.16 bits per heavy atom. The molecular formula is C21H25NO3. The molecule has 0 saturated heterocycles. The first kappa shape index (κ1) is 17.3. The van der Waals surface area contributed by atoms with Crippen molar-refractivity contribution in [3.05, 3.63) is 56.9 Å². The van der Waals surface area contributed by atoms with Crippen molar-refractivity contribution in [1.29, 1.82) is 0 Å². The minimum Gasteiger partial charge on any atom is -0.454 e. The normalized spacial score (nSPS) is 13.4. The van der Waals surface area contributed by atoms with Gasteiger partial charge in [-0.1, -0.05) is 23.3 Å². The number of benzene rings is 1. The van der Waals surface area contributed by atoms with Crippen LogP contribution in [0.4, 0.5) is 0 Å². The van der Waals surface area contributed by atoms with Crippen LogP contribution in [0.15, 0.2) is 40.2 Å². The van der Waals surface area contributed by atoms with E-state index in [0.717, 1.165) is 29.6 Å². The summed E-state index contributed by atoms with van der Waals surface area (Å²) in [6.07, 6.45) is 7.12. The molecule has 0 aliphatic carbocycles. The van der Waals surface area contributed by atoms with E-state index in [1.807, 2.05) is 13.0 Å². The molecule has 1 N–H and O–H groups in total. The van der Waals surface area contributed by atoms with Gasteiger partial charge in [0.1, 0.15) is 0 Å². The monoisotopic (exact) mass is 339 g/mol. The molecule has 0 bridgehead atoms. The fourth-order valence-electron chi connectivity index (χ4n) is 3.06. The van der Waals surface area contributed by atoms with Gasteiger partial charge in [-0.15, -0.1) is 0 Å². The molecule has 3 rings (SSSR count). The standard InChI is InChI=1S/C21H25NO3/c1-13(2)6-5-7-14(3)8-9-16-15(4)22-18-11-20-19(24-12-25-20)10-17(18)21(16)23/h6,8,10-11H,5,7,9,12H2,1-4H3,(H,22,23)/b14-8+. The number of aromatic amines is 1. The molecule has 1 aromatic carbocycles. The van der Waals surface area contributed by atoms with Gasteiger partial charge in [-0.2, -0.15) is 0 Å². The summed E-state index contributed by atoms with van der Waals surface area (Å²) >= 11 is 0. The summed E-state index contributed by atoms with van der Waals surface area (Å²) < 4.78 is 10.8. The predicted octanol–water partition coefficient (Wildman–Crippen LogP) is 4.80. The molecule has 2 heterocycles. The van der Waals surface area contributed by atoms with Gasteiger partial charge in [0.15, 0.2) is 16.9 Å². The van der Waals surface area contributed by atoms with Gasteiger partial charge >= 0.3 is 0 Å². The van der Waals surface area contributed by atoms with Gasteiger partial charge in [0.2, 0.25) is 6.79 Å². The Bertz CT molecular complexity index is 915. The highest BCUT2D eigenvalue weighted by molar-refractivity contribution is 5.83. The second-order valence-electron chi connectivity index (χ2n) is 6.88. The van der Waals surface area contributed by atoms with Crippen molar-refractivity contribution in [2.24, 2.45) is 0 Å². The number of H-pyrrole nitrogens is 1. The van der Waals surface area contributed by atoms with Crippen LogP contribution >= 0.6 is 0 Å². The highest BCUT2D eigenvalue weighted by Gasteiger charge is 2.17. The average Bonchev–Trinajstić information content (AvgIpc) is 3.00. The van der Waals surface area contributed by atoms with Crippen molar-refractivity contribution in [3.63, 3.8) is 0 Å². The number of hydrogen-bond donors (Lipinski definition) is 1. The Labute approximate surface area is 148 Å². The van der Waals surface area contributed by atoms with Crippen LogP contribution in [0.25, 0.3) is 10.9 Å². The molecule has 4 heteroatoms. The predicted molar refractivity (Wildman–Crippen MR) is 102 cm³/mol. The van der Waals surface area contributed by atoms with E-state index in [1.165, 1.54) is 11.1 Å². The summed E-state index contributed by atoms with van der Waals surface area (Å²) in [6.45, 7) is 8.51. The van der Waals surface area contributed by atoms with Gasteiger partial charge in [0.25, 0.3) is 0 Å². The van der Waals surface area contributed by atoms with Gasteiger partial charge in [-0.25, -0.2) is 0 Å². The second kappa shape index (κ2) is 7.18. The Morgan fingerprint density at radius 3 is 2.60 bits per heavy atom. The summed E-state index contributed by atoms with van der Waals surface area (Å²) in [7, 11) is 0. The first-order chi connectivity index (χ1) is 12.0. The van der Waals surface area contributed by atoms with Crippen molar-refractivity contribution in [3.8, 4) is 11.5 Å². The van der Waals surface area contributed by atoms with Crippen molar-refractivity contribution < 1.29 is 9.47 Å². The van der Waals surface area contributed by atoms with Crippen molar-refractivity contribution in [2.45, 2.75) is 47.0 Å². The highest BCUT2D eigenvalue weighted by atomic mass is 16.7. The topological polar surface area (TPSA) is 51.3 Å². The summed E-state index contributed by atoms with van der Waals surface area (Å²) in [5.74, 6) is 1.33. The maximum Gasteiger partial charge on any atom is 0.231 e. The lowest BCUT2D eigenvalue weighted by atomic mass is 10.0. The fourth-order valence-corrected chi connectivity index (χ4v) is 3.06. The quantitative estimate of drug-likeness (QED) is 0.796. The molecule has 1 aliphatic rings. The van der Waals surface area contributed by atoms with Crippen LogP contribution < -0.4 is 14.9 Å². The number of rotatable bonds is 5. The van der Waals surface area contributed by atoms with Crippen molar-refractivity contribution in [2.75, 3.05) is 6.79 Å². The molecule has 1 aromatic heterocycles. The van der Waals surface area contributed by atoms with Crippen LogP contribution in [0.1, 0.15) is 44.9 Å². The fraction of sp³-hybridized carbons (Fsp3) is 0.381. The van der Waals surface area contributed by atoms with E-state index in [2.05, 4.69) is 37.9 Å². The molecule has 0 unspecified atom stereocenters. The van der Waals surface area contributed by atoms with E-state index < -0.39 is 0 Å². The SMILES string of the molecule is CC(C)=CCC/C(C)=C/Cc1c(C)[nH]c2cc3c(cc2c1=O)OCO3.